The van der Waals surface area contributed by atoms with Gasteiger partial charge in [-0.15, -0.1) is 0 Å². The van der Waals surface area contributed by atoms with E-state index in [0.29, 0.717) is 0 Å². The van der Waals surface area contributed by atoms with Gasteiger partial charge < -0.3 is 14.4 Å². The molecule has 0 aromatic heterocycles. The fourth-order valence-electron chi connectivity index (χ4n) is 0. The van der Waals surface area contributed by atoms with Crippen molar-refractivity contribution in [1.29, 1.82) is 0 Å². The summed E-state index contributed by atoms with van der Waals surface area (Å²) in [5.74, 6) is 0. The van der Waals surface area contributed by atoms with E-state index in [9.17, 15) is 4.53 Å². The molecule has 4 nitrogen and oxygen atoms in total. The summed E-state index contributed by atoms with van der Waals surface area (Å²) >= 11 is 0. The number of rotatable bonds is 1. The Bertz CT molecular complexity index is 45.8. The molecule has 0 radical (unpaired) electrons. The van der Waals surface area contributed by atoms with E-state index in [1.165, 1.54) is 0 Å². The van der Waals surface area contributed by atoms with E-state index in [-0.39, 0.29) is 46.9 Å². The zero-order valence-corrected chi connectivity index (χ0v) is 3.63. The van der Waals surface area contributed by atoms with Crippen molar-refractivity contribution in [3.63, 3.8) is 0 Å². The summed E-state index contributed by atoms with van der Waals surface area (Å²) in [6, 6.07) is 0. The first-order valence-electron chi connectivity index (χ1n) is 1.03. The average molecular weight is 168 g/mol. The van der Waals surface area contributed by atoms with Crippen LogP contribution in [0.2, 0.25) is 0 Å². The first-order valence-corrected chi connectivity index (χ1v) is 2.78. The predicted molar refractivity (Wildman–Crippen MR) is 31.7 cm³/mol. The van der Waals surface area contributed by atoms with Crippen LogP contribution in [0, 0.1) is 0 Å². The summed E-state index contributed by atoms with van der Waals surface area (Å²) < 4.78 is 12.6. The van der Waals surface area contributed by atoms with E-state index in [1.54, 1.807) is 0 Å². The van der Waals surface area contributed by atoms with Gasteiger partial charge in [-0.25, -0.2) is 0 Å². The van der Waals surface area contributed by atoms with Crippen LogP contribution in [0.1, 0.15) is 0 Å². The van der Waals surface area contributed by atoms with Crippen molar-refractivity contribution >= 4 is 56.0 Å². The zero-order chi connectivity index (χ0) is 5.21. The average Bonchev–Trinajstić information content (AvgIpc) is 1.35. The molecule has 0 rings (SSSR count). The van der Waals surface area contributed by atoms with Crippen LogP contribution in [-0.2, 0) is 4.63 Å². The van der Waals surface area contributed by atoms with Gasteiger partial charge in [0.05, 0.1) is 0 Å². The van der Waals surface area contributed by atoms with Crippen LogP contribution in [0.4, 0.5) is 4.53 Å². The van der Waals surface area contributed by atoms with E-state index in [2.05, 4.69) is 4.63 Å². The summed E-state index contributed by atoms with van der Waals surface area (Å²) in [5, 5.41) is 0. The van der Waals surface area contributed by atoms with Gasteiger partial charge in [-0.05, 0) is 0 Å². The molecule has 0 aliphatic rings. The first kappa shape index (κ1) is 16.3. The normalized spacial score (nSPS) is 9.00. The number of hydrogen-bond donors (Lipinski definition) is 3. The second kappa shape index (κ2) is 6.64. The van der Waals surface area contributed by atoms with E-state index in [1.807, 2.05) is 0 Å². The van der Waals surface area contributed by atoms with Crippen LogP contribution in [0.25, 0.3) is 0 Å². The van der Waals surface area contributed by atoms with Crippen molar-refractivity contribution in [2.45, 2.75) is 0 Å². The Labute approximate surface area is 79.1 Å². The van der Waals surface area contributed by atoms with Crippen molar-refractivity contribution in [2.75, 3.05) is 0 Å². The van der Waals surface area contributed by atoms with Gasteiger partial charge in [0.2, 0.25) is 0 Å². The van der Waals surface area contributed by atoms with Crippen molar-refractivity contribution in [1.82, 2.24) is 0 Å². The Morgan fingerprint density at radius 1 is 1.25 bits per heavy atom. The molecule has 0 aromatic carbocycles. The second-order valence-electron chi connectivity index (χ2n) is 0.651. The summed E-state index contributed by atoms with van der Waals surface area (Å²) in [6.45, 7) is 0. The Morgan fingerprint density at radius 3 is 1.38 bits per heavy atom. The molecule has 0 saturated carbocycles. The number of hydrogen-bond acceptors (Lipinski definition) is 4. The third kappa shape index (κ3) is 15.6. The molecule has 0 bridgehead atoms. The van der Waals surface area contributed by atoms with Crippen LogP contribution in [0.3, 0.4) is 0 Å². The van der Waals surface area contributed by atoms with Gasteiger partial charge in [0.25, 0.3) is 0 Å². The van der Waals surface area contributed by atoms with Crippen LogP contribution in [0.15, 0.2) is 0 Å². The van der Waals surface area contributed by atoms with E-state index < -0.39 is 9.05 Å². The molecule has 46 valence electrons. The van der Waals surface area contributed by atoms with Gasteiger partial charge in [0, 0.05) is 0 Å². The number of halogens is 1. The van der Waals surface area contributed by atoms with Crippen molar-refractivity contribution in [2.24, 2.45) is 0 Å². The van der Waals surface area contributed by atoms with Gasteiger partial charge in [0.15, 0.2) is 17.4 Å². The molecule has 0 fully saturated rings. The monoisotopic (exact) mass is 168 g/mol. The molecule has 0 saturated heterocycles. The van der Waals surface area contributed by atoms with Gasteiger partial charge in [-0.2, -0.15) is 4.63 Å². The van der Waals surface area contributed by atoms with Gasteiger partial charge in [-0.3, -0.25) is 0 Å². The molecule has 0 aliphatic carbocycles. The molecule has 0 aliphatic heterocycles. The summed E-state index contributed by atoms with van der Waals surface area (Å²) in [7, 11) is -4.80. The molecule has 0 amide bonds. The molecule has 0 spiro atoms. The maximum absolute atomic E-state index is 10.3. The van der Waals surface area contributed by atoms with Gasteiger partial charge in [0.1, 0.15) is 0 Å². The molecule has 0 heterocycles. The Balaban J connectivity index is -0.000000125. The first-order chi connectivity index (χ1) is 2.56. The van der Waals surface area contributed by atoms with Crippen molar-refractivity contribution in [3.05, 3.63) is 0 Å². The van der Waals surface area contributed by atoms with Gasteiger partial charge >= 0.3 is 38.6 Å². The molecule has 0 atom stereocenters. The predicted octanol–water partition coefficient (Wildman–Crippen LogP) is -3.53. The summed E-state index contributed by atoms with van der Waals surface area (Å²) in [4.78, 5) is 22.4. The Hall–Kier alpha value is 1.52. The molecule has 0 aromatic rings. The summed E-state index contributed by atoms with van der Waals surface area (Å²) in [5.41, 5.74) is 0. The van der Waals surface area contributed by atoms with E-state index >= 15 is 0 Å². The minimum absolute atomic E-state index is 0. The zero-order valence-electron chi connectivity index (χ0n) is 2.63. The fourth-order valence-corrected chi connectivity index (χ4v) is 0. The molecular weight excluding hydrogens is 161 g/mol. The van der Waals surface area contributed by atoms with Crippen LogP contribution in [-0.4, -0.2) is 70.4 Å². The topological polar surface area (TPSA) is 69.9 Å². The maximum atomic E-state index is 10.3. The van der Waals surface area contributed by atoms with Crippen LogP contribution >= 0.6 is 0 Å². The van der Waals surface area contributed by atoms with Crippen molar-refractivity contribution in [3.8, 4) is 0 Å². The third-order valence-electron chi connectivity index (χ3n) is 0.104. The standard InChI is InChI=1S/Al.FH3O4Si.Na.4H/c;1-5-6(2,3)4;;;;;/h;2-4H;;;;;. The SMILES string of the molecule is O[Si](O)(O)OF.[AlH3].[NaH]. The Morgan fingerprint density at radius 2 is 1.38 bits per heavy atom. The van der Waals surface area contributed by atoms with Gasteiger partial charge in [-0.1, -0.05) is 4.53 Å². The van der Waals surface area contributed by atoms with E-state index in [4.69, 9.17) is 14.4 Å². The second-order valence-corrected chi connectivity index (χ2v) is 1.95. The van der Waals surface area contributed by atoms with Crippen LogP contribution < -0.4 is 0 Å². The fraction of sp³-hybridized carbons (Fsp3) is 0. The quantitative estimate of drug-likeness (QED) is 0.355. The molecule has 8 heteroatoms. The Kier molecular flexibility index (Phi) is 13.5. The van der Waals surface area contributed by atoms with Crippen LogP contribution in [0.5, 0.6) is 0 Å². The molecule has 8 heavy (non-hydrogen) atoms. The molecule has 0 unspecified atom stereocenters. The van der Waals surface area contributed by atoms with E-state index in [0.717, 1.165) is 0 Å². The minimum atomic E-state index is -4.80. The molecule has 3 N–H and O–H groups in total. The summed E-state index contributed by atoms with van der Waals surface area (Å²) in [6.07, 6.45) is 0. The molecular formula is H7AlFNaO4Si. The third-order valence-corrected chi connectivity index (χ3v) is 0.311. The van der Waals surface area contributed by atoms with Crippen molar-refractivity contribution < 1.29 is 23.5 Å².